The van der Waals surface area contributed by atoms with E-state index < -0.39 is 0 Å². The number of nitrogens with two attached hydrogens (primary N) is 2. The average Bonchev–Trinajstić information content (AvgIpc) is 2.03. The molecule has 0 spiro atoms. The Balaban J connectivity index is 3.01. The van der Waals surface area contributed by atoms with Crippen LogP contribution in [0.3, 0.4) is 0 Å². The highest BCUT2D eigenvalue weighted by atomic mass is 16.3. The minimum Gasteiger partial charge on any atom is -0.508 e. The van der Waals surface area contributed by atoms with Gasteiger partial charge < -0.3 is 21.7 Å². The third-order valence-electron chi connectivity index (χ3n) is 1.67. The molecule has 6 N–H and O–H groups in total. The van der Waals surface area contributed by atoms with Crippen LogP contribution in [0.15, 0.2) is 18.2 Å². The summed E-state index contributed by atoms with van der Waals surface area (Å²) >= 11 is 0. The van der Waals surface area contributed by atoms with Crippen LogP contribution in [0.4, 0.5) is 0 Å². The van der Waals surface area contributed by atoms with Gasteiger partial charge in [-0.25, -0.2) is 0 Å². The Kier molecular flexibility index (Phi) is 2.52. The zero-order chi connectivity index (χ0) is 9.14. The minimum atomic E-state index is -0.384. The molecule has 1 aromatic carbocycles. The lowest BCUT2D eigenvalue weighted by atomic mass is 10.1. The normalized spacial score (nSPS) is 12.8. The Morgan fingerprint density at radius 1 is 1.33 bits per heavy atom. The van der Waals surface area contributed by atoms with Crippen LogP contribution in [0.2, 0.25) is 0 Å². The van der Waals surface area contributed by atoms with Crippen molar-refractivity contribution >= 4 is 0 Å². The van der Waals surface area contributed by atoms with Crippen molar-refractivity contribution in [3.05, 3.63) is 23.8 Å². The predicted molar refractivity (Wildman–Crippen MR) is 45.8 cm³/mol. The molecule has 0 fully saturated rings. The topological polar surface area (TPSA) is 92.5 Å². The maximum absolute atomic E-state index is 9.30. The van der Waals surface area contributed by atoms with Gasteiger partial charge in [0.25, 0.3) is 0 Å². The summed E-state index contributed by atoms with van der Waals surface area (Å²) in [5.41, 5.74) is 11.4. The third-order valence-corrected chi connectivity index (χ3v) is 1.67. The SMILES string of the molecule is NCC(N)c1ccc(O)cc1O. The molecule has 0 aliphatic carbocycles. The van der Waals surface area contributed by atoms with Gasteiger partial charge in [-0.15, -0.1) is 0 Å². The van der Waals surface area contributed by atoms with Crippen molar-refractivity contribution in [2.24, 2.45) is 11.5 Å². The molecular formula is C8H12N2O2. The molecule has 0 bridgehead atoms. The van der Waals surface area contributed by atoms with Gasteiger partial charge in [-0.2, -0.15) is 0 Å². The number of aromatic hydroxyl groups is 2. The van der Waals surface area contributed by atoms with E-state index in [1.807, 2.05) is 0 Å². The number of rotatable bonds is 2. The van der Waals surface area contributed by atoms with Crippen molar-refractivity contribution in [3.8, 4) is 11.5 Å². The minimum absolute atomic E-state index is 0.0143. The van der Waals surface area contributed by atoms with E-state index in [1.165, 1.54) is 12.1 Å². The van der Waals surface area contributed by atoms with Gasteiger partial charge in [-0.3, -0.25) is 0 Å². The van der Waals surface area contributed by atoms with Gasteiger partial charge in [0.05, 0.1) is 0 Å². The Morgan fingerprint density at radius 3 is 2.50 bits per heavy atom. The first-order chi connectivity index (χ1) is 5.65. The quantitative estimate of drug-likeness (QED) is 0.502. The van der Waals surface area contributed by atoms with Gasteiger partial charge in [0.15, 0.2) is 0 Å². The largest absolute Gasteiger partial charge is 0.508 e. The molecule has 0 radical (unpaired) electrons. The van der Waals surface area contributed by atoms with E-state index in [2.05, 4.69) is 0 Å². The van der Waals surface area contributed by atoms with E-state index in [0.717, 1.165) is 0 Å². The van der Waals surface area contributed by atoms with Crippen LogP contribution in [0.1, 0.15) is 11.6 Å². The Morgan fingerprint density at radius 2 is 2.00 bits per heavy atom. The maximum Gasteiger partial charge on any atom is 0.124 e. The second-order valence-corrected chi connectivity index (χ2v) is 2.59. The molecule has 0 saturated heterocycles. The van der Waals surface area contributed by atoms with Crippen molar-refractivity contribution < 1.29 is 10.2 Å². The smallest absolute Gasteiger partial charge is 0.124 e. The fourth-order valence-electron chi connectivity index (χ4n) is 0.973. The van der Waals surface area contributed by atoms with E-state index in [9.17, 15) is 5.11 Å². The molecule has 4 heteroatoms. The predicted octanol–water partition coefficient (Wildman–Crippen LogP) is 0.0563. The van der Waals surface area contributed by atoms with Gasteiger partial charge in [0, 0.05) is 24.2 Å². The summed E-state index contributed by atoms with van der Waals surface area (Å²) in [7, 11) is 0. The molecule has 1 unspecified atom stereocenters. The molecule has 1 atom stereocenters. The number of phenolic OH excluding ortho intramolecular Hbond substituents is 2. The van der Waals surface area contributed by atoms with Crippen molar-refractivity contribution in [2.75, 3.05) is 6.54 Å². The first kappa shape index (κ1) is 8.83. The van der Waals surface area contributed by atoms with Crippen molar-refractivity contribution in [2.45, 2.75) is 6.04 Å². The molecule has 0 saturated carbocycles. The number of benzene rings is 1. The summed E-state index contributed by atoms with van der Waals surface area (Å²) in [5.74, 6) is -0.00609. The van der Waals surface area contributed by atoms with Crippen LogP contribution in [0, 0.1) is 0 Å². The summed E-state index contributed by atoms with van der Waals surface area (Å²) in [5, 5.41) is 18.3. The highest BCUT2D eigenvalue weighted by Crippen LogP contribution is 2.25. The van der Waals surface area contributed by atoms with E-state index in [1.54, 1.807) is 6.07 Å². The van der Waals surface area contributed by atoms with Gasteiger partial charge in [0.2, 0.25) is 0 Å². The maximum atomic E-state index is 9.30. The Labute approximate surface area is 70.4 Å². The Hall–Kier alpha value is -1.26. The molecule has 0 aromatic heterocycles. The van der Waals surface area contributed by atoms with E-state index >= 15 is 0 Å². The lowest BCUT2D eigenvalue weighted by molar-refractivity contribution is 0.442. The monoisotopic (exact) mass is 168 g/mol. The lowest BCUT2D eigenvalue weighted by Gasteiger charge is -2.10. The molecule has 1 aromatic rings. The molecule has 66 valence electrons. The molecule has 0 amide bonds. The number of hydrogen-bond donors (Lipinski definition) is 4. The summed E-state index contributed by atoms with van der Waals surface area (Å²) in [6.45, 7) is 0.262. The van der Waals surface area contributed by atoms with Crippen LogP contribution in [0.5, 0.6) is 11.5 Å². The fourth-order valence-corrected chi connectivity index (χ4v) is 0.973. The summed E-state index contributed by atoms with van der Waals surface area (Å²) in [6, 6.07) is 3.88. The van der Waals surface area contributed by atoms with Gasteiger partial charge >= 0.3 is 0 Å². The molecule has 0 aliphatic heterocycles. The second-order valence-electron chi connectivity index (χ2n) is 2.59. The molecule has 12 heavy (non-hydrogen) atoms. The zero-order valence-corrected chi connectivity index (χ0v) is 6.57. The van der Waals surface area contributed by atoms with E-state index in [4.69, 9.17) is 16.6 Å². The highest BCUT2D eigenvalue weighted by Gasteiger charge is 2.08. The molecular weight excluding hydrogens is 156 g/mol. The first-order valence-corrected chi connectivity index (χ1v) is 3.62. The van der Waals surface area contributed by atoms with Crippen molar-refractivity contribution in [1.82, 2.24) is 0 Å². The van der Waals surface area contributed by atoms with Crippen molar-refractivity contribution in [3.63, 3.8) is 0 Å². The molecule has 4 nitrogen and oxygen atoms in total. The molecule has 0 aliphatic rings. The van der Waals surface area contributed by atoms with Gasteiger partial charge in [-0.05, 0) is 6.07 Å². The summed E-state index contributed by atoms with van der Waals surface area (Å²) in [6.07, 6.45) is 0. The zero-order valence-electron chi connectivity index (χ0n) is 6.57. The standard InChI is InChI=1S/C8H12N2O2/c9-4-7(10)6-2-1-5(11)3-8(6)12/h1-3,7,11-12H,4,9-10H2. The van der Waals surface area contributed by atoms with Crippen LogP contribution in [0.25, 0.3) is 0 Å². The van der Waals surface area contributed by atoms with Crippen LogP contribution in [-0.2, 0) is 0 Å². The molecule has 0 heterocycles. The summed E-state index contributed by atoms with van der Waals surface area (Å²) in [4.78, 5) is 0. The number of phenols is 2. The van der Waals surface area contributed by atoms with Crippen LogP contribution < -0.4 is 11.5 Å². The van der Waals surface area contributed by atoms with Crippen LogP contribution in [-0.4, -0.2) is 16.8 Å². The molecule has 1 rings (SSSR count). The van der Waals surface area contributed by atoms with Gasteiger partial charge in [0.1, 0.15) is 11.5 Å². The lowest BCUT2D eigenvalue weighted by Crippen LogP contribution is -2.20. The average molecular weight is 168 g/mol. The Bertz CT molecular complexity index is 276. The third kappa shape index (κ3) is 1.66. The summed E-state index contributed by atoms with van der Waals surface area (Å²) < 4.78 is 0. The number of hydrogen-bond acceptors (Lipinski definition) is 4. The van der Waals surface area contributed by atoms with Crippen LogP contribution >= 0.6 is 0 Å². The van der Waals surface area contributed by atoms with Crippen molar-refractivity contribution in [1.29, 1.82) is 0 Å². The highest BCUT2D eigenvalue weighted by molar-refractivity contribution is 5.40. The van der Waals surface area contributed by atoms with E-state index in [0.29, 0.717) is 5.56 Å². The first-order valence-electron chi connectivity index (χ1n) is 3.62. The van der Waals surface area contributed by atoms with Gasteiger partial charge in [-0.1, -0.05) is 6.07 Å². The second kappa shape index (κ2) is 3.42. The van der Waals surface area contributed by atoms with E-state index in [-0.39, 0.29) is 24.1 Å². The fraction of sp³-hybridized carbons (Fsp3) is 0.250.